The number of hydrogen-bond acceptors (Lipinski definition) is 15. The number of ether oxygens (including phenoxy) is 4. The Hall–Kier alpha value is -4.28. The average molecular weight is 1420 g/mol. The van der Waals surface area contributed by atoms with E-state index in [1.54, 1.807) is 0 Å². The molecule has 0 spiro atoms. The van der Waals surface area contributed by atoms with E-state index < -0.39 is 97.5 Å². The molecule has 0 aliphatic heterocycles. The molecule has 5 unspecified atom stereocenters. The summed E-state index contributed by atoms with van der Waals surface area (Å²) in [6.07, 6.45) is 75.2. The molecule has 0 radical (unpaired) electrons. The van der Waals surface area contributed by atoms with Crippen molar-refractivity contribution in [2.75, 3.05) is 39.6 Å². The molecule has 0 fully saturated rings. The van der Waals surface area contributed by atoms with E-state index in [0.29, 0.717) is 25.7 Å². The van der Waals surface area contributed by atoms with E-state index in [-0.39, 0.29) is 25.7 Å². The maximum absolute atomic E-state index is 13.1. The first-order valence-electron chi connectivity index (χ1n) is 38.1. The van der Waals surface area contributed by atoms with Gasteiger partial charge in [-0.2, -0.15) is 0 Å². The van der Waals surface area contributed by atoms with Crippen molar-refractivity contribution in [2.24, 2.45) is 0 Å². The van der Waals surface area contributed by atoms with Gasteiger partial charge in [-0.1, -0.05) is 253 Å². The largest absolute Gasteiger partial charge is 0.472 e. The lowest BCUT2D eigenvalue weighted by Gasteiger charge is -2.21. The van der Waals surface area contributed by atoms with Crippen molar-refractivity contribution in [1.29, 1.82) is 0 Å². The highest BCUT2D eigenvalue weighted by Gasteiger charge is 2.30. The lowest BCUT2D eigenvalue weighted by atomic mass is 10.1. The van der Waals surface area contributed by atoms with Crippen LogP contribution in [0.5, 0.6) is 0 Å². The van der Waals surface area contributed by atoms with Crippen molar-refractivity contribution < 1.29 is 80.2 Å². The smallest absolute Gasteiger partial charge is 0.462 e. The lowest BCUT2D eigenvalue weighted by molar-refractivity contribution is -0.161. The van der Waals surface area contributed by atoms with Gasteiger partial charge in [0.15, 0.2) is 12.2 Å². The van der Waals surface area contributed by atoms with Crippen molar-refractivity contribution in [3.8, 4) is 0 Å². The van der Waals surface area contributed by atoms with Gasteiger partial charge in [-0.25, -0.2) is 9.13 Å². The quantitative estimate of drug-likeness (QED) is 0.0169. The molecule has 0 amide bonds. The van der Waals surface area contributed by atoms with E-state index in [1.807, 2.05) is 0 Å². The molecule has 0 rings (SSSR count). The predicted molar refractivity (Wildman–Crippen MR) is 399 cm³/mol. The standard InChI is InChI=1S/C79H136O17P2/c1-5-9-13-17-21-25-29-32-34-35-36-37-39-42-45-48-52-56-60-64-77(82)90-70-75(96-79(84)66-62-58-54-50-46-40-31-27-23-19-15-11-7-3)72-94-98(87,88)92-68-73(80)67-91-97(85,86)93-71-74(95-78(83)65-61-57-53-49-43-28-24-20-16-12-8-4)69-89-76(81)63-59-55-51-47-44-41-38-33-30-26-22-18-14-10-6-2/h9,13,15,19-21,24-25,27,31-34,36-38,42,45,73-75,80H,5-8,10-12,14,16-18,22-23,26,28-30,35,39-41,43-44,46-72H2,1-4H3,(H,85,86)(H,87,88)/b13-9-,19-15-,24-20-,25-21-,31-27-,34-32-,37-36-,38-33-,45-42-. The number of carbonyl (C=O) groups is 4. The van der Waals surface area contributed by atoms with Gasteiger partial charge in [0.1, 0.15) is 19.3 Å². The van der Waals surface area contributed by atoms with Crippen LogP contribution in [0.1, 0.15) is 310 Å². The normalized spacial score (nSPS) is 14.6. The van der Waals surface area contributed by atoms with Gasteiger partial charge in [0, 0.05) is 25.7 Å². The van der Waals surface area contributed by atoms with E-state index in [9.17, 15) is 43.2 Å². The summed E-state index contributed by atoms with van der Waals surface area (Å²) in [6, 6.07) is 0. The van der Waals surface area contributed by atoms with E-state index >= 15 is 0 Å². The third-order valence-corrected chi connectivity index (χ3v) is 17.6. The second-order valence-corrected chi connectivity index (χ2v) is 28.1. The molecular formula is C79H136O17P2. The summed E-state index contributed by atoms with van der Waals surface area (Å²) >= 11 is 0. The molecule has 98 heavy (non-hydrogen) atoms. The van der Waals surface area contributed by atoms with Gasteiger partial charge in [0.25, 0.3) is 0 Å². The lowest BCUT2D eigenvalue weighted by Crippen LogP contribution is -2.30. The minimum atomic E-state index is -4.99. The van der Waals surface area contributed by atoms with Gasteiger partial charge in [-0.15, -0.1) is 0 Å². The van der Waals surface area contributed by atoms with Crippen LogP contribution in [0.2, 0.25) is 0 Å². The molecule has 0 bridgehead atoms. The number of carbonyl (C=O) groups excluding carboxylic acids is 4. The van der Waals surface area contributed by atoms with Crippen molar-refractivity contribution in [3.05, 3.63) is 109 Å². The number of aliphatic hydroxyl groups excluding tert-OH is 1. The number of aliphatic hydroxyl groups is 1. The molecular weight excluding hydrogens is 1280 g/mol. The zero-order valence-electron chi connectivity index (χ0n) is 61.4. The van der Waals surface area contributed by atoms with Gasteiger partial charge in [-0.3, -0.25) is 37.3 Å². The minimum absolute atomic E-state index is 0.0693. The maximum Gasteiger partial charge on any atom is 0.472 e. The Labute approximate surface area is 594 Å². The zero-order chi connectivity index (χ0) is 71.8. The fraction of sp³-hybridized carbons (Fsp3) is 0.722. The molecule has 0 aromatic heterocycles. The summed E-state index contributed by atoms with van der Waals surface area (Å²) in [5.41, 5.74) is 0. The monoisotopic (exact) mass is 1420 g/mol. The average Bonchev–Trinajstić information content (AvgIpc) is 0.972. The highest BCUT2D eigenvalue weighted by atomic mass is 31.2. The Morgan fingerprint density at radius 1 is 0.296 bits per heavy atom. The number of phosphoric acid groups is 2. The summed E-state index contributed by atoms with van der Waals surface area (Å²) in [7, 11) is -9.96. The molecule has 0 aliphatic rings. The summed E-state index contributed by atoms with van der Waals surface area (Å²) in [6.45, 7) is 4.58. The summed E-state index contributed by atoms with van der Waals surface area (Å²) < 4.78 is 68.4. The molecule has 564 valence electrons. The van der Waals surface area contributed by atoms with Crippen LogP contribution < -0.4 is 0 Å². The van der Waals surface area contributed by atoms with Crippen LogP contribution in [-0.4, -0.2) is 96.7 Å². The highest BCUT2D eigenvalue weighted by Crippen LogP contribution is 2.45. The minimum Gasteiger partial charge on any atom is -0.462 e. The Morgan fingerprint density at radius 2 is 0.561 bits per heavy atom. The van der Waals surface area contributed by atoms with Crippen LogP contribution in [0.25, 0.3) is 0 Å². The van der Waals surface area contributed by atoms with Crippen LogP contribution >= 0.6 is 15.6 Å². The van der Waals surface area contributed by atoms with Crippen LogP contribution in [-0.2, 0) is 65.4 Å². The zero-order valence-corrected chi connectivity index (χ0v) is 63.2. The Kier molecular flexibility index (Phi) is 68.0. The number of unbranched alkanes of at least 4 members (excludes halogenated alkanes) is 27. The highest BCUT2D eigenvalue weighted by molar-refractivity contribution is 7.47. The third kappa shape index (κ3) is 70.2. The molecule has 0 aliphatic carbocycles. The number of rotatable bonds is 71. The van der Waals surface area contributed by atoms with Crippen LogP contribution in [0.15, 0.2) is 109 Å². The molecule has 0 aromatic carbocycles. The molecule has 0 saturated carbocycles. The molecule has 0 saturated heterocycles. The van der Waals surface area contributed by atoms with E-state index in [1.165, 1.54) is 51.4 Å². The Bertz CT molecular complexity index is 2290. The first kappa shape index (κ1) is 93.7. The number of hydrogen-bond donors (Lipinski definition) is 3. The summed E-state index contributed by atoms with van der Waals surface area (Å²) in [5, 5.41) is 10.6. The molecule has 0 heterocycles. The summed E-state index contributed by atoms with van der Waals surface area (Å²) in [5.74, 6) is -2.24. The van der Waals surface area contributed by atoms with Crippen molar-refractivity contribution in [1.82, 2.24) is 0 Å². The Balaban J connectivity index is 5.35. The van der Waals surface area contributed by atoms with Gasteiger partial charge in [-0.05, 0) is 141 Å². The molecule has 17 nitrogen and oxygen atoms in total. The molecule has 5 atom stereocenters. The van der Waals surface area contributed by atoms with Gasteiger partial charge in [0.2, 0.25) is 0 Å². The fourth-order valence-electron chi connectivity index (χ4n) is 9.85. The number of phosphoric ester groups is 2. The first-order valence-corrected chi connectivity index (χ1v) is 41.1. The Morgan fingerprint density at radius 3 is 0.908 bits per heavy atom. The molecule has 19 heteroatoms. The van der Waals surface area contributed by atoms with Crippen molar-refractivity contribution in [2.45, 2.75) is 329 Å². The van der Waals surface area contributed by atoms with Gasteiger partial charge >= 0.3 is 39.5 Å². The van der Waals surface area contributed by atoms with Crippen LogP contribution in [0.4, 0.5) is 0 Å². The summed E-state index contributed by atoms with van der Waals surface area (Å²) in [4.78, 5) is 72.8. The van der Waals surface area contributed by atoms with Gasteiger partial charge < -0.3 is 33.8 Å². The topological polar surface area (TPSA) is 237 Å². The van der Waals surface area contributed by atoms with E-state index in [0.717, 1.165) is 180 Å². The number of esters is 4. The maximum atomic E-state index is 13.1. The molecule has 3 N–H and O–H groups in total. The second kappa shape index (κ2) is 71.1. The molecule has 0 aromatic rings. The van der Waals surface area contributed by atoms with Crippen LogP contribution in [0.3, 0.4) is 0 Å². The predicted octanol–water partition coefficient (Wildman–Crippen LogP) is 21.8. The van der Waals surface area contributed by atoms with Crippen molar-refractivity contribution >= 4 is 39.5 Å². The number of allylic oxidation sites excluding steroid dienone is 18. The SMILES string of the molecule is CC/C=C\C/C=C\C/C=C\C/C=C\C/C=C\CCCCCC(=O)OCC(COP(=O)(O)OCC(O)COP(=O)(O)OCC(COC(=O)CCCCCCC/C=C\CCCCCCCC)OC(=O)CCCCCCC/C=C\CCCC)OC(=O)CCCCCCC/C=C\C/C=C\CCC. The first-order chi connectivity index (χ1) is 47.7. The fourth-order valence-corrected chi connectivity index (χ4v) is 11.4. The van der Waals surface area contributed by atoms with Crippen molar-refractivity contribution in [3.63, 3.8) is 0 Å². The van der Waals surface area contributed by atoms with Gasteiger partial charge in [0.05, 0.1) is 26.4 Å². The van der Waals surface area contributed by atoms with E-state index in [4.69, 9.17) is 37.0 Å². The van der Waals surface area contributed by atoms with Crippen LogP contribution in [0, 0.1) is 0 Å². The second-order valence-electron chi connectivity index (χ2n) is 25.2. The van der Waals surface area contributed by atoms with E-state index in [2.05, 4.69) is 137 Å². The third-order valence-electron chi connectivity index (χ3n) is 15.7.